The van der Waals surface area contributed by atoms with Crippen LogP contribution in [0.5, 0.6) is 0 Å². The first-order chi connectivity index (χ1) is 8.98. The van der Waals surface area contributed by atoms with Crippen molar-refractivity contribution in [1.29, 1.82) is 0 Å². The van der Waals surface area contributed by atoms with Crippen molar-refractivity contribution in [3.63, 3.8) is 0 Å². The Hall–Kier alpha value is -2.10. The maximum absolute atomic E-state index is 11.6. The Morgan fingerprint density at radius 1 is 1.32 bits per heavy atom. The number of nitrogens with one attached hydrogen (secondary N) is 1. The Balaban J connectivity index is 2.53. The van der Waals surface area contributed by atoms with Gasteiger partial charge in [-0.15, -0.1) is 0 Å². The normalized spacial score (nSPS) is 14.0. The lowest BCUT2D eigenvalue weighted by molar-refractivity contribution is -0.148. The standard InChI is InChI=1S/C15H19NO3/c1-3-15(2,14(18)19)11-16-13(17)10-9-12-7-5-4-6-8-12/h4-10H,3,11H2,1-2H3,(H,16,17)(H,18,19)/b10-9+. The number of rotatable bonds is 6. The van der Waals surface area contributed by atoms with Crippen LogP contribution in [-0.4, -0.2) is 23.5 Å². The topological polar surface area (TPSA) is 66.4 Å². The molecule has 4 heteroatoms. The molecule has 0 aliphatic carbocycles. The molecule has 4 nitrogen and oxygen atoms in total. The summed E-state index contributed by atoms with van der Waals surface area (Å²) >= 11 is 0. The van der Waals surface area contributed by atoms with Crippen molar-refractivity contribution in [2.45, 2.75) is 20.3 Å². The van der Waals surface area contributed by atoms with E-state index in [-0.39, 0.29) is 12.5 Å². The molecule has 1 unspecified atom stereocenters. The molecule has 1 rings (SSSR count). The lowest BCUT2D eigenvalue weighted by Gasteiger charge is -2.22. The second-order valence-corrected chi connectivity index (χ2v) is 4.68. The minimum absolute atomic E-state index is 0.122. The van der Waals surface area contributed by atoms with Crippen molar-refractivity contribution >= 4 is 18.0 Å². The number of hydrogen-bond acceptors (Lipinski definition) is 2. The third-order valence-electron chi connectivity index (χ3n) is 3.18. The van der Waals surface area contributed by atoms with E-state index in [1.54, 1.807) is 19.9 Å². The molecule has 0 fully saturated rings. The fourth-order valence-electron chi connectivity index (χ4n) is 1.43. The van der Waals surface area contributed by atoms with E-state index in [1.165, 1.54) is 6.08 Å². The van der Waals surface area contributed by atoms with Gasteiger partial charge in [0.1, 0.15) is 0 Å². The molecule has 1 atom stereocenters. The summed E-state index contributed by atoms with van der Waals surface area (Å²) in [7, 11) is 0. The van der Waals surface area contributed by atoms with Gasteiger partial charge in [0.05, 0.1) is 5.41 Å². The van der Waals surface area contributed by atoms with Crippen LogP contribution in [0.15, 0.2) is 36.4 Å². The van der Waals surface area contributed by atoms with Crippen LogP contribution in [0.1, 0.15) is 25.8 Å². The van der Waals surface area contributed by atoms with Gasteiger partial charge in [-0.3, -0.25) is 9.59 Å². The molecule has 1 aromatic carbocycles. The lowest BCUT2D eigenvalue weighted by Crippen LogP contribution is -2.40. The fourth-order valence-corrected chi connectivity index (χ4v) is 1.43. The van der Waals surface area contributed by atoms with Gasteiger partial charge >= 0.3 is 5.97 Å². The van der Waals surface area contributed by atoms with Gasteiger partial charge in [-0.1, -0.05) is 37.3 Å². The second-order valence-electron chi connectivity index (χ2n) is 4.68. The number of carboxylic acid groups (broad SMARTS) is 1. The Labute approximate surface area is 113 Å². The average Bonchev–Trinajstić information content (AvgIpc) is 2.43. The molecular formula is C15H19NO3. The molecule has 0 saturated carbocycles. The van der Waals surface area contributed by atoms with Crippen molar-refractivity contribution < 1.29 is 14.7 Å². The molecule has 0 aromatic heterocycles. The van der Waals surface area contributed by atoms with Crippen LogP contribution in [-0.2, 0) is 9.59 Å². The van der Waals surface area contributed by atoms with Crippen LogP contribution in [0, 0.1) is 5.41 Å². The molecule has 19 heavy (non-hydrogen) atoms. The summed E-state index contributed by atoms with van der Waals surface area (Å²) in [5.74, 6) is -1.19. The zero-order valence-electron chi connectivity index (χ0n) is 11.2. The number of aliphatic carboxylic acids is 1. The van der Waals surface area contributed by atoms with Gasteiger partial charge in [0.15, 0.2) is 0 Å². The smallest absolute Gasteiger partial charge is 0.311 e. The van der Waals surface area contributed by atoms with Crippen molar-refractivity contribution in [2.24, 2.45) is 5.41 Å². The zero-order valence-corrected chi connectivity index (χ0v) is 11.2. The monoisotopic (exact) mass is 261 g/mol. The molecule has 102 valence electrons. The fraction of sp³-hybridized carbons (Fsp3) is 0.333. The maximum atomic E-state index is 11.6. The van der Waals surface area contributed by atoms with Crippen molar-refractivity contribution in [3.05, 3.63) is 42.0 Å². The molecule has 0 saturated heterocycles. The average molecular weight is 261 g/mol. The van der Waals surface area contributed by atoms with Crippen LogP contribution < -0.4 is 5.32 Å². The van der Waals surface area contributed by atoms with E-state index in [0.717, 1.165) is 5.56 Å². The van der Waals surface area contributed by atoms with E-state index < -0.39 is 11.4 Å². The number of carbonyl (C=O) groups excluding carboxylic acids is 1. The molecule has 0 spiro atoms. The van der Waals surface area contributed by atoms with E-state index >= 15 is 0 Å². The minimum Gasteiger partial charge on any atom is -0.481 e. The Morgan fingerprint density at radius 3 is 2.47 bits per heavy atom. The Bertz CT molecular complexity index is 468. The predicted molar refractivity (Wildman–Crippen MR) is 74.5 cm³/mol. The van der Waals surface area contributed by atoms with Gasteiger partial charge in [-0.2, -0.15) is 0 Å². The molecular weight excluding hydrogens is 242 g/mol. The summed E-state index contributed by atoms with van der Waals surface area (Å²) in [5.41, 5.74) is 0.00474. The largest absolute Gasteiger partial charge is 0.481 e. The maximum Gasteiger partial charge on any atom is 0.311 e. The highest BCUT2D eigenvalue weighted by Gasteiger charge is 2.31. The number of amides is 1. The molecule has 1 amide bonds. The van der Waals surface area contributed by atoms with E-state index in [9.17, 15) is 9.59 Å². The summed E-state index contributed by atoms with van der Waals surface area (Å²) < 4.78 is 0. The van der Waals surface area contributed by atoms with Crippen molar-refractivity contribution in [3.8, 4) is 0 Å². The van der Waals surface area contributed by atoms with Gasteiger partial charge in [0, 0.05) is 12.6 Å². The van der Waals surface area contributed by atoms with Gasteiger partial charge in [-0.25, -0.2) is 0 Å². The molecule has 0 aliphatic rings. The second kappa shape index (κ2) is 6.73. The van der Waals surface area contributed by atoms with Crippen molar-refractivity contribution in [2.75, 3.05) is 6.54 Å². The number of carbonyl (C=O) groups is 2. The third-order valence-corrected chi connectivity index (χ3v) is 3.18. The lowest BCUT2D eigenvalue weighted by atomic mass is 9.88. The van der Waals surface area contributed by atoms with Crippen molar-refractivity contribution in [1.82, 2.24) is 5.32 Å². The minimum atomic E-state index is -0.920. The van der Waals surface area contributed by atoms with Gasteiger partial charge in [0.2, 0.25) is 5.91 Å². The zero-order chi connectivity index (χ0) is 14.3. The molecule has 0 radical (unpaired) electrons. The summed E-state index contributed by atoms with van der Waals surface area (Å²) in [6.45, 7) is 3.54. The molecule has 0 aliphatic heterocycles. The van der Waals surface area contributed by atoms with Crippen LogP contribution in [0.3, 0.4) is 0 Å². The summed E-state index contributed by atoms with van der Waals surface area (Å²) in [6.07, 6.45) is 3.57. The van der Waals surface area contributed by atoms with E-state index in [0.29, 0.717) is 6.42 Å². The van der Waals surface area contributed by atoms with Gasteiger partial charge in [-0.05, 0) is 25.0 Å². The molecule has 1 aromatic rings. The van der Waals surface area contributed by atoms with Crippen LogP contribution in [0.4, 0.5) is 0 Å². The molecule has 2 N–H and O–H groups in total. The first-order valence-corrected chi connectivity index (χ1v) is 6.22. The molecule has 0 heterocycles. The summed E-state index contributed by atoms with van der Waals surface area (Å²) in [5, 5.41) is 11.7. The number of benzene rings is 1. The van der Waals surface area contributed by atoms with Crippen LogP contribution in [0.2, 0.25) is 0 Å². The molecule has 0 bridgehead atoms. The summed E-state index contributed by atoms with van der Waals surface area (Å²) in [4.78, 5) is 22.7. The number of hydrogen-bond donors (Lipinski definition) is 2. The first kappa shape index (κ1) is 15.0. The van der Waals surface area contributed by atoms with Gasteiger partial charge in [0.25, 0.3) is 0 Å². The highest BCUT2D eigenvalue weighted by atomic mass is 16.4. The number of carboxylic acids is 1. The first-order valence-electron chi connectivity index (χ1n) is 6.22. The Morgan fingerprint density at radius 2 is 1.95 bits per heavy atom. The van der Waals surface area contributed by atoms with Crippen LogP contribution in [0.25, 0.3) is 6.08 Å². The quantitative estimate of drug-likeness (QED) is 0.772. The highest BCUT2D eigenvalue weighted by Crippen LogP contribution is 2.19. The Kier molecular flexibility index (Phi) is 5.30. The SMILES string of the molecule is CCC(C)(CNC(=O)/C=C/c1ccccc1)C(=O)O. The van der Waals surface area contributed by atoms with E-state index in [1.807, 2.05) is 30.3 Å². The third kappa shape index (κ3) is 4.58. The van der Waals surface area contributed by atoms with E-state index in [4.69, 9.17) is 5.11 Å². The van der Waals surface area contributed by atoms with E-state index in [2.05, 4.69) is 5.32 Å². The predicted octanol–water partition coefficient (Wildman–Crippen LogP) is 2.32. The highest BCUT2D eigenvalue weighted by molar-refractivity contribution is 5.92. The summed E-state index contributed by atoms with van der Waals surface area (Å²) in [6, 6.07) is 9.44. The van der Waals surface area contributed by atoms with Gasteiger partial charge < -0.3 is 10.4 Å². The van der Waals surface area contributed by atoms with Crippen LogP contribution >= 0.6 is 0 Å².